The van der Waals surface area contributed by atoms with Crippen molar-refractivity contribution < 1.29 is 14.3 Å². The number of hydrogen-bond donors (Lipinski definition) is 0. The van der Waals surface area contributed by atoms with Crippen LogP contribution in [0.15, 0.2) is 76.1 Å². The molecule has 0 aliphatic carbocycles. The molecule has 1 aromatic heterocycles. The predicted octanol–water partition coefficient (Wildman–Crippen LogP) is 7.43. The summed E-state index contributed by atoms with van der Waals surface area (Å²) in [5.74, 6) is 0.460. The highest BCUT2D eigenvalue weighted by Gasteiger charge is 2.35. The summed E-state index contributed by atoms with van der Waals surface area (Å²) in [5, 5.41) is 1.82. The van der Waals surface area contributed by atoms with Crippen LogP contribution in [0.5, 0.6) is 5.75 Å². The van der Waals surface area contributed by atoms with Crippen molar-refractivity contribution in [3.8, 4) is 11.4 Å². The van der Waals surface area contributed by atoms with Crippen LogP contribution in [-0.4, -0.2) is 33.8 Å². The van der Waals surface area contributed by atoms with Crippen LogP contribution in [-0.2, 0) is 4.79 Å². The van der Waals surface area contributed by atoms with Gasteiger partial charge >= 0.3 is 0 Å². The summed E-state index contributed by atoms with van der Waals surface area (Å²) in [4.78, 5) is 27.4. The topological polar surface area (TPSA) is 51.5 Å². The van der Waals surface area contributed by atoms with Crippen LogP contribution in [0.25, 0.3) is 22.5 Å². The van der Waals surface area contributed by atoms with E-state index in [1.54, 1.807) is 0 Å². The first-order valence-corrected chi connectivity index (χ1v) is 13.3. The average Bonchev–Trinajstić information content (AvgIpc) is 3.29. The van der Waals surface area contributed by atoms with E-state index in [2.05, 4.69) is 39.6 Å². The fraction of sp³-hybridized carbons (Fsp3) is 0.172. The number of halogens is 1. The lowest BCUT2D eigenvalue weighted by molar-refractivity contribution is -0.123. The second-order valence-electron chi connectivity index (χ2n) is 8.75. The Bertz CT molecular complexity index is 1530. The van der Waals surface area contributed by atoms with Crippen LogP contribution in [0.4, 0.5) is 4.79 Å². The normalized spacial score (nSPS) is 14.9. The van der Waals surface area contributed by atoms with Gasteiger partial charge < -0.3 is 9.30 Å². The van der Waals surface area contributed by atoms with Gasteiger partial charge in [0, 0.05) is 26.9 Å². The number of carbonyl (C=O) groups excluding carboxylic acids is 2. The largest absolute Gasteiger partial charge is 0.491 e. The van der Waals surface area contributed by atoms with Gasteiger partial charge in [-0.25, -0.2) is 0 Å². The predicted molar refractivity (Wildman–Crippen MR) is 150 cm³/mol. The Hall–Kier alpha value is -3.29. The van der Waals surface area contributed by atoms with Crippen molar-refractivity contribution in [3.63, 3.8) is 0 Å². The van der Waals surface area contributed by atoms with E-state index in [0.717, 1.165) is 61.0 Å². The molecule has 0 radical (unpaired) electrons. The number of aromatic nitrogens is 1. The number of nitrogens with zero attached hydrogens (tertiary/aromatic N) is 2. The van der Waals surface area contributed by atoms with E-state index >= 15 is 0 Å². The third kappa shape index (κ3) is 4.61. The van der Waals surface area contributed by atoms with Crippen molar-refractivity contribution in [3.05, 3.63) is 98.6 Å². The number of hydrogen-bond acceptors (Lipinski definition) is 4. The number of thioether (sulfide) groups is 1. The van der Waals surface area contributed by atoms with Crippen molar-refractivity contribution in [2.75, 3.05) is 13.2 Å². The molecule has 182 valence electrons. The Kier molecular flexibility index (Phi) is 6.77. The number of benzene rings is 3. The number of aryl methyl sites for hydroxylation is 2. The molecule has 1 fully saturated rings. The molecule has 0 N–H and O–H groups in total. The molecular formula is C29H25BrN2O3S. The zero-order valence-corrected chi connectivity index (χ0v) is 22.7. The third-order valence-electron chi connectivity index (χ3n) is 6.35. The number of amides is 2. The van der Waals surface area contributed by atoms with Crippen LogP contribution < -0.4 is 4.74 Å². The maximum atomic E-state index is 13.1. The van der Waals surface area contributed by atoms with Gasteiger partial charge in [0.15, 0.2) is 0 Å². The van der Waals surface area contributed by atoms with Gasteiger partial charge in [0.25, 0.3) is 11.1 Å². The summed E-state index contributed by atoms with van der Waals surface area (Å²) >= 11 is 4.53. The lowest BCUT2D eigenvalue weighted by atomic mass is 10.1. The molecule has 0 spiro atoms. The van der Waals surface area contributed by atoms with E-state index in [0.29, 0.717) is 4.91 Å². The van der Waals surface area contributed by atoms with Gasteiger partial charge in [-0.15, -0.1) is 0 Å². The van der Waals surface area contributed by atoms with E-state index in [-0.39, 0.29) is 24.3 Å². The van der Waals surface area contributed by atoms with E-state index < -0.39 is 0 Å². The number of rotatable bonds is 6. The number of ether oxygens (including phenoxy) is 1. The molecule has 36 heavy (non-hydrogen) atoms. The van der Waals surface area contributed by atoms with Crippen molar-refractivity contribution in [2.45, 2.75) is 20.8 Å². The third-order valence-corrected chi connectivity index (χ3v) is 8.15. The summed E-state index contributed by atoms with van der Waals surface area (Å²) < 4.78 is 9.18. The number of carbonyl (C=O) groups is 2. The minimum absolute atomic E-state index is 0.197. The molecule has 3 aromatic carbocycles. The van der Waals surface area contributed by atoms with Crippen molar-refractivity contribution in [1.29, 1.82) is 0 Å². The first-order chi connectivity index (χ1) is 17.3. The Morgan fingerprint density at radius 1 is 0.972 bits per heavy atom. The molecule has 4 aromatic rings. The highest BCUT2D eigenvalue weighted by atomic mass is 79.9. The zero-order chi connectivity index (χ0) is 25.4. The molecule has 2 amide bonds. The molecule has 0 bridgehead atoms. The minimum Gasteiger partial charge on any atom is -0.491 e. The molecule has 0 atom stereocenters. The number of imide groups is 1. The van der Waals surface area contributed by atoms with Crippen LogP contribution >= 0.6 is 27.7 Å². The lowest BCUT2D eigenvalue weighted by Crippen LogP contribution is -2.32. The molecule has 1 aliphatic rings. The summed E-state index contributed by atoms with van der Waals surface area (Å²) in [7, 11) is 0. The highest BCUT2D eigenvalue weighted by molar-refractivity contribution is 9.10. The molecule has 5 nitrogen and oxygen atoms in total. The first-order valence-electron chi connectivity index (χ1n) is 11.6. The Balaban J connectivity index is 1.32. The van der Waals surface area contributed by atoms with Gasteiger partial charge in [-0.3, -0.25) is 14.5 Å². The monoisotopic (exact) mass is 560 g/mol. The van der Waals surface area contributed by atoms with E-state index in [9.17, 15) is 9.59 Å². The molecule has 2 heterocycles. The maximum Gasteiger partial charge on any atom is 0.293 e. The van der Waals surface area contributed by atoms with Crippen molar-refractivity contribution >= 4 is 55.7 Å². The molecular weight excluding hydrogens is 536 g/mol. The highest BCUT2D eigenvalue weighted by Crippen LogP contribution is 2.34. The quantitative estimate of drug-likeness (QED) is 0.230. The number of fused-ring (bicyclic) bond motifs is 1. The fourth-order valence-corrected chi connectivity index (χ4v) is 5.60. The second-order valence-corrected chi connectivity index (χ2v) is 10.6. The van der Waals surface area contributed by atoms with Crippen LogP contribution in [0, 0.1) is 20.8 Å². The van der Waals surface area contributed by atoms with Gasteiger partial charge in [0.05, 0.1) is 11.4 Å². The van der Waals surface area contributed by atoms with E-state index in [1.807, 2.05) is 74.5 Å². The molecule has 0 saturated carbocycles. The van der Waals surface area contributed by atoms with Gasteiger partial charge in [-0.2, -0.15) is 0 Å². The zero-order valence-electron chi connectivity index (χ0n) is 20.2. The first kappa shape index (κ1) is 24.4. The maximum absolute atomic E-state index is 13.1. The molecule has 0 unspecified atom stereocenters. The van der Waals surface area contributed by atoms with Crippen LogP contribution in [0.1, 0.15) is 22.5 Å². The second kappa shape index (κ2) is 9.99. The Labute approximate surface area is 222 Å². The molecule has 1 saturated heterocycles. The Morgan fingerprint density at radius 3 is 2.56 bits per heavy atom. The fourth-order valence-electron chi connectivity index (χ4n) is 4.50. The summed E-state index contributed by atoms with van der Waals surface area (Å²) in [6.07, 6.45) is 1.82. The summed E-state index contributed by atoms with van der Waals surface area (Å²) in [6.45, 7) is 6.55. The van der Waals surface area contributed by atoms with Gasteiger partial charge in [0.2, 0.25) is 0 Å². The summed E-state index contributed by atoms with van der Waals surface area (Å²) in [5.41, 5.74) is 5.20. The van der Waals surface area contributed by atoms with Crippen molar-refractivity contribution in [1.82, 2.24) is 9.47 Å². The molecule has 7 heteroatoms. The van der Waals surface area contributed by atoms with Gasteiger partial charge in [-0.05, 0) is 85.5 Å². The smallest absolute Gasteiger partial charge is 0.293 e. The SMILES string of the molecule is Cc1cc(-n2c(C)cc(/C=C3\SC(=O)N(CCOc4cccc5ccccc45)C3=O)c2C)ccc1Br. The van der Waals surface area contributed by atoms with E-state index in [1.165, 1.54) is 4.90 Å². The molecule has 1 aliphatic heterocycles. The lowest BCUT2D eigenvalue weighted by Gasteiger charge is -2.14. The van der Waals surface area contributed by atoms with Crippen LogP contribution in [0.3, 0.4) is 0 Å². The standard InChI is InChI=1S/C29H25BrN2O3S/c1-18-15-23(11-12-25(18)30)32-19(2)16-22(20(32)3)17-27-28(33)31(29(34)36-27)13-14-35-26-10-6-8-21-7-4-5-9-24(21)26/h4-12,15-17H,13-14H2,1-3H3/b27-17-. The minimum atomic E-state index is -0.282. The average molecular weight is 562 g/mol. The van der Waals surface area contributed by atoms with E-state index in [4.69, 9.17) is 4.74 Å². The molecule has 5 rings (SSSR count). The van der Waals surface area contributed by atoms with Crippen LogP contribution in [0.2, 0.25) is 0 Å². The van der Waals surface area contributed by atoms with Crippen molar-refractivity contribution in [2.24, 2.45) is 0 Å². The van der Waals surface area contributed by atoms with Gasteiger partial charge in [-0.1, -0.05) is 52.3 Å². The van der Waals surface area contributed by atoms with Gasteiger partial charge in [0.1, 0.15) is 12.4 Å². The summed E-state index contributed by atoms with van der Waals surface area (Å²) in [6, 6.07) is 22.1. The Morgan fingerprint density at radius 2 is 1.75 bits per heavy atom.